The van der Waals surface area contributed by atoms with E-state index in [0.29, 0.717) is 41.3 Å². The molecule has 4 atom stereocenters. The molecule has 2 N–H and O–H groups in total. The number of pyridine rings is 1. The van der Waals surface area contributed by atoms with Gasteiger partial charge >= 0.3 is 6.18 Å². The number of piperidine rings is 1. The van der Waals surface area contributed by atoms with E-state index in [2.05, 4.69) is 25.4 Å². The lowest BCUT2D eigenvalue weighted by Gasteiger charge is -2.34. The molecule has 3 aromatic heterocycles. The van der Waals surface area contributed by atoms with Gasteiger partial charge in [-0.1, -0.05) is 6.07 Å². The molecule has 1 saturated carbocycles. The van der Waals surface area contributed by atoms with Crippen LogP contribution in [0.5, 0.6) is 0 Å². The average molecular weight is 636 g/mol. The molecular formula is C32H32F3N7O4. The Morgan fingerprint density at radius 1 is 1.07 bits per heavy atom. The summed E-state index contributed by atoms with van der Waals surface area (Å²) >= 11 is 0. The molecule has 0 radical (unpaired) electrons. The summed E-state index contributed by atoms with van der Waals surface area (Å²) in [6, 6.07) is 4.67. The minimum absolute atomic E-state index is 0.145. The molecule has 240 valence electrons. The van der Waals surface area contributed by atoms with Crippen molar-refractivity contribution < 1.29 is 32.7 Å². The van der Waals surface area contributed by atoms with E-state index in [1.165, 1.54) is 22.6 Å². The summed E-state index contributed by atoms with van der Waals surface area (Å²) in [4.78, 5) is 53.7. The normalized spacial score (nSPS) is 19.9. The number of alkyl halides is 3. The summed E-state index contributed by atoms with van der Waals surface area (Å²) in [6.45, 7) is 6.09. The maximum Gasteiger partial charge on any atom is 0.433 e. The number of likely N-dealkylation sites (tertiary alicyclic amines) is 1. The highest BCUT2D eigenvalue weighted by Gasteiger charge is 2.51. The van der Waals surface area contributed by atoms with Gasteiger partial charge in [-0.3, -0.25) is 19.1 Å². The molecule has 1 aliphatic carbocycles. The van der Waals surface area contributed by atoms with Gasteiger partial charge in [-0.2, -0.15) is 18.3 Å². The van der Waals surface area contributed by atoms with Gasteiger partial charge < -0.3 is 15.3 Å². The molecule has 0 spiro atoms. The number of hydrogen-bond acceptors (Lipinski definition) is 8. The molecule has 46 heavy (non-hydrogen) atoms. The van der Waals surface area contributed by atoms with Crippen molar-refractivity contribution in [2.24, 2.45) is 5.92 Å². The number of rotatable bonds is 7. The number of aromatic nitrogens is 5. The quantitative estimate of drug-likeness (QED) is 0.276. The molecule has 11 nitrogen and oxygen atoms in total. The average Bonchev–Trinajstić information content (AvgIpc) is 3.71. The van der Waals surface area contributed by atoms with Gasteiger partial charge in [-0.15, -0.1) is 0 Å². The van der Waals surface area contributed by atoms with E-state index in [0.717, 1.165) is 17.2 Å². The van der Waals surface area contributed by atoms with E-state index in [9.17, 15) is 32.7 Å². The lowest BCUT2D eigenvalue weighted by molar-refractivity contribution is -0.141. The second-order valence-electron chi connectivity index (χ2n) is 12.1. The highest BCUT2D eigenvalue weighted by atomic mass is 19.4. The fourth-order valence-corrected chi connectivity index (χ4v) is 6.67. The van der Waals surface area contributed by atoms with Crippen LogP contribution < -0.4 is 5.32 Å². The van der Waals surface area contributed by atoms with Crippen molar-refractivity contribution in [3.05, 3.63) is 65.0 Å². The Morgan fingerprint density at radius 2 is 1.78 bits per heavy atom. The van der Waals surface area contributed by atoms with Gasteiger partial charge in [0.1, 0.15) is 35.9 Å². The van der Waals surface area contributed by atoms with Crippen molar-refractivity contribution in [2.75, 3.05) is 5.32 Å². The highest BCUT2D eigenvalue weighted by Crippen LogP contribution is 2.43. The third-order valence-corrected chi connectivity index (χ3v) is 8.80. The first kappa shape index (κ1) is 31.3. The van der Waals surface area contributed by atoms with Gasteiger partial charge in [0.05, 0.1) is 5.52 Å². The molecule has 1 aromatic carbocycles. The van der Waals surface area contributed by atoms with Crippen molar-refractivity contribution in [2.45, 2.75) is 77.9 Å². The lowest BCUT2D eigenvalue weighted by Crippen LogP contribution is -2.52. The topological polar surface area (TPSA) is 143 Å². The molecule has 1 saturated heterocycles. The van der Waals surface area contributed by atoms with Crippen LogP contribution in [0.25, 0.3) is 22.0 Å². The summed E-state index contributed by atoms with van der Waals surface area (Å²) in [5.41, 5.74) is 2.13. The second-order valence-corrected chi connectivity index (χ2v) is 12.1. The molecule has 4 aromatic rings. The van der Waals surface area contributed by atoms with E-state index >= 15 is 0 Å². The minimum atomic E-state index is -4.68. The van der Waals surface area contributed by atoms with Crippen LogP contribution in [0.1, 0.15) is 72.3 Å². The Bertz CT molecular complexity index is 1870. The van der Waals surface area contributed by atoms with Crippen LogP contribution >= 0.6 is 0 Å². The molecule has 3 unspecified atom stereocenters. The fourth-order valence-electron chi connectivity index (χ4n) is 6.67. The zero-order valence-electron chi connectivity index (χ0n) is 25.6. The van der Waals surface area contributed by atoms with Crippen molar-refractivity contribution in [3.63, 3.8) is 0 Å². The smallest absolute Gasteiger partial charge is 0.385 e. The van der Waals surface area contributed by atoms with Gasteiger partial charge in [-0.25, -0.2) is 15.0 Å². The number of aliphatic hydroxyl groups excluding tert-OH is 1. The van der Waals surface area contributed by atoms with Crippen molar-refractivity contribution in [1.29, 1.82) is 0 Å². The summed E-state index contributed by atoms with van der Waals surface area (Å²) in [5, 5.41) is 17.4. The number of nitrogens with zero attached hydrogens (tertiary/aromatic N) is 6. The maximum atomic E-state index is 13.9. The van der Waals surface area contributed by atoms with E-state index in [4.69, 9.17) is 0 Å². The Kier molecular flexibility index (Phi) is 7.87. The summed E-state index contributed by atoms with van der Waals surface area (Å²) < 4.78 is 41.4. The van der Waals surface area contributed by atoms with Crippen LogP contribution in [0.3, 0.4) is 0 Å². The largest absolute Gasteiger partial charge is 0.433 e. The van der Waals surface area contributed by atoms with Gasteiger partial charge in [-0.05, 0) is 80.8 Å². The van der Waals surface area contributed by atoms with Crippen LogP contribution in [-0.4, -0.2) is 64.4 Å². The number of ketones is 1. The number of carbonyl (C=O) groups is 3. The van der Waals surface area contributed by atoms with Crippen LogP contribution in [0.4, 0.5) is 19.0 Å². The first-order valence-corrected chi connectivity index (χ1v) is 14.9. The predicted molar refractivity (Wildman–Crippen MR) is 161 cm³/mol. The molecule has 14 heteroatoms. The summed E-state index contributed by atoms with van der Waals surface area (Å²) in [6.07, 6.45) is -0.306. The number of anilines is 1. The zero-order valence-corrected chi connectivity index (χ0v) is 25.6. The molecule has 2 fully saturated rings. The van der Waals surface area contributed by atoms with E-state index in [1.807, 2.05) is 13.0 Å². The third-order valence-electron chi connectivity index (χ3n) is 8.80. The third kappa shape index (κ3) is 5.61. The molecule has 2 aliphatic rings. The molecule has 6 rings (SSSR count). The first-order valence-electron chi connectivity index (χ1n) is 14.9. The van der Waals surface area contributed by atoms with E-state index in [-0.39, 0.29) is 47.5 Å². The lowest BCUT2D eigenvalue weighted by atomic mass is 9.97. The molecular weight excluding hydrogens is 603 g/mol. The van der Waals surface area contributed by atoms with Gasteiger partial charge in [0, 0.05) is 36.3 Å². The Labute approximate surface area is 261 Å². The van der Waals surface area contributed by atoms with E-state index in [1.54, 1.807) is 32.3 Å². The van der Waals surface area contributed by atoms with Crippen molar-refractivity contribution >= 4 is 34.3 Å². The van der Waals surface area contributed by atoms with Gasteiger partial charge in [0.15, 0.2) is 11.6 Å². The van der Waals surface area contributed by atoms with E-state index < -0.39 is 29.9 Å². The number of Topliss-reactive ketones (excluding diaryl/α,β-unsaturated/α-hetero) is 1. The predicted octanol–water partition coefficient (Wildman–Crippen LogP) is 4.80. The SMILES string of the molecule is CC(=O)c1nn(CC(=O)N2C3CCC(C3)[C@H]2C(=O)Nc2nc(C(F)(F)F)ccc2C)c2c(C)cc(-c3cnc(C(C)O)nc3)cc12. The number of aryl methyl sites for hydroxylation is 2. The number of nitrogens with one attached hydrogen (secondary N) is 1. The Morgan fingerprint density at radius 3 is 2.43 bits per heavy atom. The van der Waals surface area contributed by atoms with Crippen molar-refractivity contribution in [3.8, 4) is 11.1 Å². The summed E-state index contributed by atoms with van der Waals surface area (Å²) in [7, 11) is 0. The molecule has 2 amide bonds. The van der Waals surface area contributed by atoms with Crippen molar-refractivity contribution in [1.82, 2.24) is 29.6 Å². The number of benzene rings is 1. The first-order chi connectivity index (χ1) is 21.7. The number of carbonyl (C=O) groups excluding carboxylic acids is 3. The highest BCUT2D eigenvalue weighted by molar-refractivity contribution is 6.07. The standard InChI is InChI=1S/C32H32F3N7O4/c1-15-5-8-24(32(33,34)35)38-29(15)39-31(46)28-19-6-7-22(10-19)42(28)25(45)14-41-27-16(2)9-20(11-23(27)26(40-41)17(3)43)21-12-36-30(18(4)44)37-13-21/h5,8-9,11-13,18-19,22,28,44H,6-7,10,14H2,1-4H3,(H,38,39,46)/t18?,19?,22?,28-/m0/s1. The minimum Gasteiger partial charge on any atom is -0.385 e. The monoisotopic (exact) mass is 635 g/mol. The fraction of sp³-hybridized carbons (Fsp3) is 0.406. The van der Waals surface area contributed by atoms with Crippen LogP contribution in [-0.2, 0) is 22.3 Å². The van der Waals surface area contributed by atoms with Gasteiger partial charge in [0.25, 0.3) is 0 Å². The Hall–Kier alpha value is -4.72. The zero-order chi connectivity index (χ0) is 33.1. The molecule has 4 heterocycles. The van der Waals surface area contributed by atoms with Crippen LogP contribution in [0, 0.1) is 19.8 Å². The number of halogens is 3. The number of aliphatic hydroxyl groups is 1. The second kappa shape index (κ2) is 11.6. The number of hydrogen-bond donors (Lipinski definition) is 2. The Balaban J connectivity index is 1.30. The van der Waals surface area contributed by atoms with Gasteiger partial charge in [0.2, 0.25) is 11.8 Å². The summed E-state index contributed by atoms with van der Waals surface area (Å²) in [5.74, 6) is -1.33. The van der Waals surface area contributed by atoms with Crippen LogP contribution in [0.15, 0.2) is 36.7 Å². The molecule has 1 aliphatic heterocycles. The number of fused-ring (bicyclic) bond motifs is 3. The maximum absolute atomic E-state index is 13.9. The number of amides is 2. The van der Waals surface area contributed by atoms with Crippen LogP contribution in [0.2, 0.25) is 0 Å². The molecule has 2 bridgehead atoms.